The third-order valence-electron chi connectivity index (χ3n) is 7.70. The van der Waals surface area contributed by atoms with Crippen LogP contribution in [0.4, 0.5) is 0 Å². The summed E-state index contributed by atoms with van der Waals surface area (Å²) in [6, 6.07) is 1.94. The fraction of sp³-hybridized carbons (Fsp3) is 0.750. The van der Waals surface area contributed by atoms with Gasteiger partial charge >= 0.3 is 0 Å². The third-order valence-corrected chi connectivity index (χ3v) is 8.66. The molecule has 0 aromatic heterocycles. The molecule has 3 aliphatic carbocycles. The molecule has 0 amide bonds. The van der Waals surface area contributed by atoms with E-state index in [-0.39, 0.29) is 28.4 Å². The predicted octanol–water partition coefficient (Wildman–Crippen LogP) is 6.44. The van der Waals surface area contributed by atoms with Gasteiger partial charge in [-0.1, -0.05) is 63.9 Å². The Morgan fingerprint density at radius 3 is 1.55 bits per heavy atom. The molecule has 0 aliphatic heterocycles. The molecule has 4 nitrogen and oxygen atoms in total. The van der Waals surface area contributed by atoms with Crippen LogP contribution in [-0.2, 0) is 10.1 Å². The first-order valence-corrected chi connectivity index (χ1v) is 13.2. The summed E-state index contributed by atoms with van der Waals surface area (Å²) in [5.41, 5.74) is 2.15. The summed E-state index contributed by atoms with van der Waals surface area (Å²) < 4.78 is 37.6. The van der Waals surface area contributed by atoms with Gasteiger partial charge in [0.25, 0.3) is 0 Å². The topological polar surface area (TPSA) is 77.4 Å². The Hall–Kier alpha value is -1.07. The van der Waals surface area contributed by atoms with Crippen LogP contribution in [0.5, 0.6) is 5.75 Å². The molecule has 0 atom stereocenters. The van der Waals surface area contributed by atoms with Crippen molar-refractivity contribution < 1.29 is 18.1 Å². The first-order chi connectivity index (χ1) is 14.0. The highest BCUT2D eigenvalue weighted by Gasteiger charge is 2.33. The summed E-state index contributed by atoms with van der Waals surface area (Å²) in [5.74, 6) is 0.552. The zero-order valence-electron chi connectivity index (χ0n) is 17.5. The summed E-state index contributed by atoms with van der Waals surface area (Å²) in [7, 11) is -4.64. The van der Waals surface area contributed by atoms with Crippen LogP contribution in [0.15, 0.2) is 11.0 Å². The van der Waals surface area contributed by atoms with Crippen molar-refractivity contribution in [1.29, 1.82) is 0 Å². The molecule has 0 unspecified atom stereocenters. The molecule has 1 aromatic rings. The van der Waals surface area contributed by atoms with Gasteiger partial charge < -0.3 is 9.66 Å². The molecule has 0 radical (unpaired) electrons. The Morgan fingerprint density at radius 2 is 1.10 bits per heavy atom. The Labute approximate surface area is 175 Å². The SMILES string of the molecule is O=S(=O)([O-])c1c(C2CCCCC2)cc(C2CCCCC2)c(O)c1C1CCCCC1. The number of hydrogen-bond donors (Lipinski definition) is 1. The average molecular weight is 420 g/mol. The fourth-order valence-corrected chi connectivity index (χ4v) is 7.26. The highest BCUT2D eigenvalue weighted by atomic mass is 32.2. The van der Waals surface area contributed by atoms with Gasteiger partial charge in [0.2, 0.25) is 0 Å². The van der Waals surface area contributed by atoms with Crippen molar-refractivity contribution in [1.82, 2.24) is 0 Å². The van der Waals surface area contributed by atoms with E-state index in [9.17, 15) is 18.1 Å². The van der Waals surface area contributed by atoms with E-state index in [2.05, 4.69) is 0 Å². The summed E-state index contributed by atoms with van der Waals surface area (Å²) in [6.07, 6.45) is 15.8. The van der Waals surface area contributed by atoms with E-state index in [0.29, 0.717) is 5.56 Å². The van der Waals surface area contributed by atoms with Gasteiger partial charge in [-0.3, -0.25) is 0 Å². The van der Waals surface area contributed by atoms with Crippen molar-refractivity contribution in [3.63, 3.8) is 0 Å². The third kappa shape index (κ3) is 4.51. The van der Waals surface area contributed by atoms with E-state index in [0.717, 1.165) is 94.6 Å². The van der Waals surface area contributed by atoms with Gasteiger partial charge in [-0.25, -0.2) is 8.42 Å². The zero-order chi connectivity index (χ0) is 20.4. The minimum absolute atomic E-state index is 0.00615. The number of hydrogen-bond acceptors (Lipinski definition) is 4. The van der Waals surface area contributed by atoms with E-state index >= 15 is 0 Å². The van der Waals surface area contributed by atoms with Crippen LogP contribution in [0.2, 0.25) is 0 Å². The Kier molecular flexibility index (Phi) is 6.55. The molecule has 1 N–H and O–H groups in total. The smallest absolute Gasteiger partial charge is 0.125 e. The lowest BCUT2D eigenvalue weighted by Crippen LogP contribution is -2.19. The fourth-order valence-electron chi connectivity index (χ4n) is 6.21. The van der Waals surface area contributed by atoms with Gasteiger partial charge in [0, 0.05) is 5.56 Å². The highest BCUT2D eigenvalue weighted by molar-refractivity contribution is 7.85. The second-order valence-corrected chi connectivity index (χ2v) is 10.9. The maximum absolute atomic E-state index is 12.5. The van der Waals surface area contributed by atoms with Crippen LogP contribution in [0.1, 0.15) is 131 Å². The second kappa shape index (κ2) is 8.97. The van der Waals surface area contributed by atoms with Gasteiger partial charge in [-0.05, 0) is 67.4 Å². The lowest BCUT2D eigenvalue weighted by Gasteiger charge is -2.34. The van der Waals surface area contributed by atoms with Crippen LogP contribution >= 0.6 is 0 Å². The molecule has 5 heteroatoms. The quantitative estimate of drug-likeness (QED) is 0.570. The first-order valence-electron chi connectivity index (χ1n) is 11.8. The Morgan fingerprint density at radius 1 is 0.690 bits per heavy atom. The predicted molar refractivity (Wildman–Crippen MR) is 114 cm³/mol. The molecule has 0 heterocycles. The number of phenolic OH excluding ortho intramolecular Hbond substituents is 1. The molecule has 0 saturated heterocycles. The minimum Gasteiger partial charge on any atom is -0.744 e. The number of benzene rings is 1. The average Bonchev–Trinajstić information content (AvgIpc) is 2.74. The molecule has 1 aromatic carbocycles. The maximum atomic E-state index is 12.5. The lowest BCUT2D eigenvalue weighted by atomic mass is 9.75. The minimum atomic E-state index is -4.64. The van der Waals surface area contributed by atoms with Crippen molar-refractivity contribution in [3.05, 3.63) is 22.8 Å². The van der Waals surface area contributed by atoms with Gasteiger partial charge in [-0.15, -0.1) is 0 Å². The molecule has 0 bridgehead atoms. The Bertz CT molecular complexity index is 812. The van der Waals surface area contributed by atoms with Crippen molar-refractivity contribution in [2.75, 3.05) is 0 Å². The number of aromatic hydroxyl groups is 1. The Balaban J connectivity index is 1.91. The van der Waals surface area contributed by atoms with Gasteiger partial charge in [0.15, 0.2) is 0 Å². The summed E-state index contributed by atoms with van der Waals surface area (Å²) >= 11 is 0. The van der Waals surface area contributed by atoms with Crippen molar-refractivity contribution in [2.45, 2.75) is 119 Å². The van der Waals surface area contributed by atoms with Crippen LogP contribution in [0, 0.1) is 0 Å². The largest absolute Gasteiger partial charge is 0.744 e. The molecule has 3 aliphatic rings. The molecule has 0 spiro atoms. The van der Waals surface area contributed by atoms with E-state index in [4.69, 9.17) is 0 Å². The normalized spacial score (nSPS) is 23.3. The second-order valence-electron chi connectivity index (χ2n) is 9.61. The van der Waals surface area contributed by atoms with E-state index in [1.54, 1.807) is 0 Å². The van der Waals surface area contributed by atoms with Crippen molar-refractivity contribution in [3.8, 4) is 5.75 Å². The first kappa shape index (κ1) is 21.2. The summed E-state index contributed by atoms with van der Waals surface area (Å²) in [6.45, 7) is 0. The number of rotatable bonds is 4. The monoisotopic (exact) mass is 419 g/mol. The maximum Gasteiger partial charge on any atom is 0.125 e. The molecule has 29 heavy (non-hydrogen) atoms. The highest BCUT2D eigenvalue weighted by Crippen LogP contribution is 2.50. The molecule has 162 valence electrons. The summed E-state index contributed by atoms with van der Waals surface area (Å²) in [4.78, 5) is -0.0478. The van der Waals surface area contributed by atoms with Crippen LogP contribution in [0.3, 0.4) is 0 Å². The van der Waals surface area contributed by atoms with Gasteiger partial charge in [-0.2, -0.15) is 0 Å². The van der Waals surface area contributed by atoms with Gasteiger partial charge in [0.05, 0.1) is 4.90 Å². The molecular formula is C24H35O4S-. The van der Waals surface area contributed by atoms with Crippen LogP contribution in [0.25, 0.3) is 0 Å². The lowest BCUT2D eigenvalue weighted by molar-refractivity contribution is 0.379. The van der Waals surface area contributed by atoms with Crippen LogP contribution in [-0.4, -0.2) is 18.1 Å². The standard InChI is InChI=1S/C24H36O4S/c25-23-20(17-10-4-1-5-11-17)16-21(18-12-6-2-7-13-18)24(29(26,27)28)22(23)19-14-8-3-9-15-19/h16-19,25H,1-15H2,(H,26,27,28)/p-1. The zero-order valence-corrected chi connectivity index (χ0v) is 18.3. The number of phenols is 1. The van der Waals surface area contributed by atoms with Crippen molar-refractivity contribution in [2.24, 2.45) is 0 Å². The van der Waals surface area contributed by atoms with E-state index in [1.165, 1.54) is 12.8 Å². The van der Waals surface area contributed by atoms with E-state index in [1.807, 2.05) is 6.07 Å². The summed E-state index contributed by atoms with van der Waals surface area (Å²) in [5, 5.41) is 11.4. The van der Waals surface area contributed by atoms with Crippen LogP contribution < -0.4 is 0 Å². The van der Waals surface area contributed by atoms with E-state index < -0.39 is 10.1 Å². The molecule has 3 saturated carbocycles. The molecule has 4 rings (SSSR count). The molecular weight excluding hydrogens is 384 g/mol. The van der Waals surface area contributed by atoms with Gasteiger partial charge in [0.1, 0.15) is 15.9 Å². The van der Waals surface area contributed by atoms with Crippen molar-refractivity contribution >= 4 is 10.1 Å². The molecule has 3 fully saturated rings.